The van der Waals surface area contributed by atoms with Crippen molar-refractivity contribution in [2.24, 2.45) is 0 Å². The van der Waals surface area contributed by atoms with Gasteiger partial charge in [-0.15, -0.1) is 0 Å². The fourth-order valence-electron chi connectivity index (χ4n) is 2.76. The Hall–Kier alpha value is -2.17. The lowest BCUT2D eigenvalue weighted by molar-refractivity contribution is 0.0933. The van der Waals surface area contributed by atoms with Crippen LogP contribution in [0.3, 0.4) is 0 Å². The van der Waals surface area contributed by atoms with Crippen molar-refractivity contribution in [3.8, 4) is 5.82 Å². The first-order valence-corrected chi connectivity index (χ1v) is 7.58. The van der Waals surface area contributed by atoms with Crippen molar-refractivity contribution in [1.82, 2.24) is 19.9 Å². The van der Waals surface area contributed by atoms with Crippen LogP contribution < -0.4 is 5.32 Å². The van der Waals surface area contributed by atoms with E-state index in [0.717, 1.165) is 18.7 Å². The molecular weight excluding hydrogens is 264 g/mol. The highest BCUT2D eigenvalue weighted by Crippen LogP contribution is 2.17. The molecule has 0 bridgehead atoms. The molecule has 0 saturated heterocycles. The first kappa shape index (κ1) is 13.8. The third-order valence-corrected chi connectivity index (χ3v) is 3.97. The van der Waals surface area contributed by atoms with Crippen LogP contribution in [0.15, 0.2) is 37.1 Å². The first-order valence-electron chi connectivity index (χ1n) is 7.58. The van der Waals surface area contributed by atoms with Gasteiger partial charge in [0, 0.05) is 24.6 Å². The Labute approximate surface area is 124 Å². The summed E-state index contributed by atoms with van der Waals surface area (Å²) >= 11 is 0. The van der Waals surface area contributed by atoms with Gasteiger partial charge in [0.1, 0.15) is 12.1 Å². The smallest absolute Gasteiger partial charge is 0.253 e. The number of nitrogens with zero attached hydrogens (tertiary/aromatic N) is 3. The van der Waals surface area contributed by atoms with Gasteiger partial charge in [0.2, 0.25) is 0 Å². The maximum absolute atomic E-state index is 12.3. The Kier molecular flexibility index (Phi) is 4.28. The van der Waals surface area contributed by atoms with E-state index in [0.29, 0.717) is 11.6 Å². The lowest BCUT2D eigenvalue weighted by Crippen LogP contribution is -2.34. The number of amides is 1. The van der Waals surface area contributed by atoms with Gasteiger partial charge in [-0.25, -0.2) is 9.97 Å². The van der Waals surface area contributed by atoms with Crippen LogP contribution in [-0.4, -0.2) is 26.5 Å². The van der Waals surface area contributed by atoms with E-state index in [2.05, 4.69) is 15.3 Å². The van der Waals surface area contributed by atoms with E-state index in [1.807, 2.05) is 22.9 Å². The summed E-state index contributed by atoms with van der Waals surface area (Å²) in [4.78, 5) is 20.6. The second-order valence-corrected chi connectivity index (χ2v) is 5.54. The third kappa shape index (κ3) is 3.48. The Morgan fingerprint density at radius 3 is 2.62 bits per heavy atom. The maximum Gasteiger partial charge on any atom is 0.253 e. The summed E-state index contributed by atoms with van der Waals surface area (Å²) in [6.45, 7) is 0. The molecule has 0 radical (unpaired) electrons. The van der Waals surface area contributed by atoms with Crippen molar-refractivity contribution in [3.63, 3.8) is 0 Å². The first-order chi connectivity index (χ1) is 10.3. The standard InChI is InChI=1S/C16H20N4O/c21-16(19-14-5-3-1-2-4-6-14)13-7-8-15(18-11-13)20-10-9-17-12-20/h7-12,14H,1-6H2,(H,19,21). The average Bonchev–Trinajstić information content (AvgIpc) is 2.93. The number of carbonyl (C=O) groups is 1. The predicted molar refractivity (Wildman–Crippen MR) is 80.3 cm³/mol. The van der Waals surface area contributed by atoms with Gasteiger partial charge in [0.05, 0.1) is 5.56 Å². The Balaban J connectivity index is 1.64. The van der Waals surface area contributed by atoms with Crippen LogP contribution in [0, 0.1) is 0 Å². The second-order valence-electron chi connectivity index (χ2n) is 5.54. The van der Waals surface area contributed by atoms with Crippen molar-refractivity contribution in [1.29, 1.82) is 0 Å². The third-order valence-electron chi connectivity index (χ3n) is 3.97. The van der Waals surface area contributed by atoms with Crippen LogP contribution in [-0.2, 0) is 0 Å². The van der Waals surface area contributed by atoms with Crippen molar-refractivity contribution in [2.75, 3.05) is 0 Å². The summed E-state index contributed by atoms with van der Waals surface area (Å²) in [5, 5.41) is 3.13. The van der Waals surface area contributed by atoms with Crippen LogP contribution in [0.2, 0.25) is 0 Å². The zero-order chi connectivity index (χ0) is 14.5. The van der Waals surface area contributed by atoms with Crippen molar-refractivity contribution in [3.05, 3.63) is 42.6 Å². The highest BCUT2D eigenvalue weighted by molar-refractivity contribution is 5.94. The topological polar surface area (TPSA) is 59.8 Å². The quantitative estimate of drug-likeness (QED) is 0.882. The minimum absolute atomic E-state index is 0.0217. The van der Waals surface area contributed by atoms with E-state index in [1.165, 1.54) is 25.7 Å². The Morgan fingerprint density at radius 1 is 1.19 bits per heavy atom. The number of nitrogens with one attached hydrogen (secondary N) is 1. The van der Waals surface area contributed by atoms with Crippen LogP contribution in [0.25, 0.3) is 5.82 Å². The molecule has 21 heavy (non-hydrogen) atoms. The lowest BCUT2D eigenvalue weighted by atomic mass is 10.1. The van der Waals surface area contributed by atoms with Crippen molar-refractivity contribution < 1.29 is 4.79 Å². The monoisotopic (exact) mass is 284 g/mol. The van der Waals surface area contributed by atoms with Crippen LogP contribution in [0.1, 0.15) is 48.9 Å². The maximum atomic E-state index is 12.3. The van der Waals surface area contributed by atoms with E-state index in [4.69, 9.17) is 0 Å². The molecule has 0 spiro atoms. The average molecular weight is 284 g/mol. The molecule has 2 aromatic rings. The summed E-state index contributed by atoms with van der Waals surface area (Å²) in [6.07, 6.45) is 14.0. The van der Waals surface area contributed by atoms with Gasteiger partial charge in [-0.2, -0.15) is 0 Å². The molecule has 2 heterocycles. The van der Waals surface area contributed by atoms with Gasteiger partial charge in [-0.05, 0) is 25.0 Å². The molecule has 1 aliphatic carbocycles. The molecule has 3 rings (SSSR count). The molecule has 2 aromatic heterocycles. The molecule has 0 aliphatic heterocycles. The summed E-state index contributed by atoms with van der Waals surface area (Å²) in [5.74, 6) is 0.741. The van der Waals surface area contributed by atoms with Crippen LogP contribution in [0.4, 0.5) is 0 Å². The fourth-order valence-corrected chi connectivity index (χ4v) is 2.76. The number of imidazole rings is 1. The summed E-state index contributed by atoms with van der Waals surface area (Å²) in [7, 11) is 0. The van der Waals surface area contributed by atoms with E-state index in [-0.39, 0.29) is 5.91 Å². The molecule has 1 amide bonds. The summed E-state index contributed by atoms with van der Waals surface area (Å²) < 4.78 is 1.81. The van der Waals surface area contributed by atoms with Crippen molar-refractivity contribution in [2.45, 2.75) is 44.6 Å². The Morgan fingerprint density at radius 2 is 2.00 bits per heavy atom. The summed E-state index contributed by atoms with van der Waals surface area (Å²) in [5.41, 5.74) is 0.614. The lowest BCUT2D eigenvalue weighted by Gasteiger charge is -2.16. The highest BCUT2D eigenvalue weighted by atomic mass is 16.1. The van der Waals surface area contributed by atoms with Gasteiger partial charge in [0.25, 0.3) is 5.91 Å². The number of hydrogen-bond donors (Lipinski definition) is 1. The molecule has 0 aromatic carbocycles. The molecule has 0 unspecified atom stereocenters. The van der Waals surface area contributed by atoms with Gasteiger partial charge in [-0.3, -0.25) is 9.36 Å². The van der Waals surface area contributed by atoms with Gasteiger partial charge in [-0.1, -0.05) is 25.7 Å². The number of aromatic nitrogens is 3. The number of pyridine rings is 1. The van der Waals surface area contributed by atoms with E-state index in [1.54, 1.807) is 18.7 Å². The predicted octanol–water partition coefficient (Wildman–Crippen LogP) is 2.72. The molecule has 110 valence electrons. The van der Waals surface area contributed by atoms with Gasteiger partial charge in [0.15, 0.2) is 0 Å². The minimum atomic E-state index is -0.0217. The highest BCUT2D eigenvalue weighted by Gasteiger charge is 2.15. The van der Waals surface area contributed by atoms with Gasteiger partial charge >= 0.3 is 0 Å². The molecule has 1 saturated carbocycles. The molecule has 1 aliphatic rings. The SMILES string of the molecule is O=C(NC1CCCCCC1)c1ccc(-n2ccnc2)nc1. The van der Waals surface area contributed by atoms with E-state index >= 15 is 0 Å². The molecule has 5 heteroatoms. The molecule has 1 N–H and O–H groups in total. The van der Waals surface area contributed by atoms with E-state index in [9.17, 15) is 4.79 Å². The van der Waals surface area contributed by atoms with Crippen LogP contribution in [0.5, 0.6) is 0 Å². The van der Waals surface area contributed by atoms with E-state index < -0.39 is 0 Å². The Bertz CT molecular complexity index is 569. The van der Waals surface area contributed by atoms with Gasteiger partial charge < -0.3 is 5.32 Å². The van der Waals surface area contributed by atoms with Crippen LogP contribution >= 0.6 is 0 Å². The number of carbonyl (C=O) groups excluding carboxylic acids is 1. The van der Waals surface area contributed by atoms with Crippen molar-refractivity contribution >= 4 is 5.91 Å². The fraction of sp³-hybridized carbons (Fsp3) is 0.438. The second kappa shape index (κ2) is 6.52. The molecule has 5 nitrogen and oxygen atoms in total. The zero-order valence-corrected chi connectivity index (χ0v) is 12.0. The molecule has 1 fully saturated rings. The minimum Gasteiger partial charge on any atom is -0.349 e. The normalized spacial score (nSPS) is 16.4. The number of hydrogen-bond acceptors (Lipinski definition) is 3. The molecular formula is C16H20N4O. The largest absolute Gasteiger partial charge is 0.349 e. The summed E-state index contributed by atoms with van der Waals surface area (Å²) in [6, 6.07) is 3.96. The molecule has 0 atom stereocenters. The number of rotatable bonds is 3. The zero-order valence-electron chi connectivity index (χ0n) is 12.0.